The number of ether oxygens (including phenoxy) is 1. The van der Waals surface area contributed by atoms with Crippen molar-refractivity contribution >= 4 is 11.8 Å². The second-order valence-corrected chi connectivity index (χ2v) is 12.7. The Hall–Kier alpha value is -1.50. The summed E-state index contributed by atoms with van der Waals surface area (Å²) in [5.74, 6) is 1.05. The van der Waals surface area contributed by atoms with E-state index in [1.54, 1.807) is 13.0 Å². The van der Waals surface area contributed by atoms with Crippen molar-refractivity contribution in [3.8, 4) is 0 Å². The van der Waals surface area contributed by atoms with Crippen LogP contribution < -0.4 is 0 Å². The number of hydrogen-bond acceptors (Lipinski definition) is 6. The Morgan fingerprint density at radius 3 is 2.42 bits per heavy atom. The van der Waals surface area contributed by atoms with Gasteiger partial charge >= 0.3 is 5.97 Å². The van der Waals surface area contributed by atoms with Crippen molar-refractivity contribution in [2.45, 2.75) is 105 Å². The van der Waals surface area contributed by atoms with E-state index >= 15 is 0 Å². The lowest BCUT2D eigenvalue weighted by atomic mass is 9.53. The Balaban J connectivity index is 1.97. The van der Waals surface area contributed by atoms with Crippen LogP contribution >= 0.6 is 0 Å². The van der Waals surface area contributed by atoms with Gasteiger partial charge in [0.1, 0.15) is 11.7 Å². The highest BCUT2D eigenvalue weighted by molar-refractivity contribution is 6.02. The number of fused-ring (bicyclic) bond motifs is 1. The Bertz CT molecular complexity index is 892. The number of allylic oxidation sites excluding steroid dienone is 3. The van der Waals surface area contributed by atoms with Gasteiger partial charge in [-0.2, -0.15) is 0 Å². The first-order valence-corrected chi connectivity index (χ1v) is 13.8. The van der Waals surface area contributed by atoms with Gasteiger partial charge in [-0.3, -0.25) is 9.59 Å². The average molecular weight is 505 g/mol. The van der Waals surface area contributed by atoms with Crippen LogP contribution in [-0.2, 0) is 14.3 Å². The van der Waals surface area contributed by atoms with E-state index in [0.29, 0.717) is 36.7 Å². The molecule has 3 rings (SSSR count). The first-order valence-electron chi connectivity index (χ1n) is 13.8. The summed E-state index contributed by atoms with van der Waals surface area (Å²) in [6.07, 6.45) is 7.34. The van der Waals surface area contributed by atoms with E-state index in [1.807, 2.05) is 0 Å². The molecule has 0 radical (unpaired) electrons. The maximum atomic E-state index is 14.0. The molecule has 204 valence electrons. The standard InChI is InChI=1S/C30H48O6/c1-18(2)19(3)8-9-20(4)24-10-11-25(28(24,6)14-15-36-21(5)31)23-16-26(33)30(35)17-22(32)12-13-29(30,7)27(23)34/h8-9,16,18-20,22,24-26,32-33,35H,10-15,17H2,1-7H3/t19-,20+,22-,24+,25-,26+,28+,29+,30-/m0/s1. The van der Waals surface area contributed by atoms with Gasteiger partial charge in [0.2, 0.25) is 0 Å². The van der Waals surface area contributed by atoms with Crippen LogP contribution in [0.4, 0.5) is 0 Å². The molecule has 2 saturated carbocycles. The van der Waals surface area contributed by atoms with Crippen LogP contribution in [0.2, 0.25) is 0 Å². The number of hydrogen-bond donors (Lipinski definition) is 3. The average Bonchev–Trinajstić information content (AvgIpc) is 3.13. The van der Waals surface area contributed by atoms with Gasteiger partial charge in [-0.1, -0.05) is 46.8 Å². The van der Waals surface area contributed by atoms with E-state index in [0.717, 1.165) is 12.8 Å². The van der Waals surface area contributed by atoms with Gasteiger partial charge in [-0.15, -0.1) is 0 Å². The fourth-order valence-electron chi connectivity index (χ4n) is 7.21. The molecule has 0 aromatic carbocycles. The van der Waals surface area contributed by atoms with Crippen molar-refractivity contribution in [3.63, 3.8) is 0 Å². The first kappa shape index (κ1) is 29.1. The third-order valence-corrected chi connectivity index (χ3v) is 10.2. The van der Waals surface area contributed by atoms with Gasteiger partial charge in [0.15, 0.2) is 5.78 Å². The maximum Gasteiger partial charge on any atom is 0.302 e. The van der Waals surface area contributed by atoms with Crippen molar-refractivity contribution < 1.29 is 29.6 Å². The molecule has 9 atom stereocenters. The molecule has 0 aliphatic heterocycles. The van der Waals surface area contributed by atoms with Crippen LogP contribution in [0.3, 0.4) is 0 Å². The van der Waals surface area contributed by atoms with Crippen LogP contribution in [0.5, 0.6) is 0 Å². The van der Waals surface area contributed by atoms with E-state index in [9.17, 15) is 24.9 Å². The molecule has 6 heteroatoms. The molecule has 0 aromatic rings. The first-order chi connectivity index (χ1) is 16.7. The highest BCUT2D eigenvalue weighted by atomic mass is 16.5. The van der Waals surface area contributed by atoms with Crippen molar-refractivity contribution in [3.05, 3.63) is 23.8 Å². The predicted molar refractivity (Wildman–Crippen MR) is 140 cm³/mol. The van der Waals surface area contributed by atoms with Gasteiger partial charge in [0, 0.05) is 13.3 Å². The summed E-state index contributed by atoms with van der Waals surface area (Å²) in [4.78, 5) is 25.6. The summed E-state index contributed by atoms with van der Waals surface area (Å²) in [6.45, 7) is 14.5. The number of esters is 1. The number of aliphatic hydroxyl groups is 3. The number of rotatable bonds is 8. The van der Waals surface area contributed by atoms with E-state index in [-0.39, 0.29) is 47.9 Å². The molecule has 0 heterocycles. The zero-order chi connectivity index (χ0) is 27.1. The molecular formula is C30H48O6. The molecule has 3 aliphatic carbocycles. The molecule has 0 saturated heterocycles. The van der Waals surface area contributed by atoms with Crippen LogP contribution in [0.1, 0.15) is 87.0 Å². The molecular weight excluding hydrogens is 456 g/mol. The highest BCUT2D eigenvalue weighted by Gasteiger charge is 2.63. The number of carbonyl (C=O) groups is 2. The van der Waals surface area contributed by atoms with Gasteiger partial charge in [0.25, 0.3) is 0 Å². The van der Waals surface area contributed by atoms with Gasteiger partial charge < -0.3 is 20.1 Å². The highest BCUT2D eigenvalue weighted by Crippen LogP contribution is 2.60. The third-order valence-electron chi connectivity index (χ3n) is 10.2. The Kier molecular flexibility index (Phi) is 8.64. The van der Waals surface area contributed by atoms with Gasteiger partial charge in [-0.05, 0) is 85.7 Å². The largest absolute Gasteiger partial charge is 0.466 e. The summed E-state index contributed by atoms with van der Waals surface area (Å²) in [5.41, 5.74) is -2.52. The number of Topliss-reactive ketones (excluding diaryl/α,β-unsaturated/α-hetero) is 1. The van der Waals surface area contributed by atoms with Crippen molar-refractivity contribution in [1.29, 1.82) is 0 Å². The maximum absolute atomic E-state index is 14.0. The summed E-state index contributed by atoms with van der Waals surface area (Å²) in [6, 6.07) is 0. The van der Waals surface area contributed by atoms with E-state index in [4.69, 9.17) is 4.74 Å². The molecule has 0 spiro atoms. The second-order valence-electron chi connectivity index (χ2n) is 12.7. The quantitative estimate of drug-likeness (QED) is 0.329. The molecule has 3 N–H and O–H groups in total. The van der Waals surface area contributed by atoms with E-state index in [1.165, 1.54) is 6.92 Å². The van der Waals surface area contributed by atoms with E-state index < -0.39 is 23.2 Å². The van der Waals surface area contributed by atoms with Crippen LogP contribution in [-0.4, -0.2) is 51.5 Å². The second kappa shape index (κ2) is 10.7. The fourth-order valence-corrected chi connectivity index (χ4v) is 7.21. The molecule has 0 unspecified atom stereocenters. The lowest BCUT2D eigenvalue weighted by molar-refractivity contribution is -0.191. The lowest BCUT2D eigenvalue weighted by Gasteiger charge is -2.54. The minimum Gasteiger partial charge on any atom is -0.466 e. The number of ketones is 1. The van der Waals surface area contributed by atoms with Crippen molar-refractivity contribution in [2.75, 3.05) is 6.61 Å². The predicted octanol–water partition coefficient (Wildman–Crippen LogP) is 4.61. The lowest BCUT2D eigenvalue weighted by Crippen LogP contribution is -2.65. The van der Waals surface area contributed by atoms with Crippen molar-refractivity contribution in [2.24, 2.45) is 40.4 Å². The minimum absolute atomic E-state index is 0.00688. The molecule has 6 nitrogen and oxygen atoms in total. The van der Waals surface area contributed by atoms with Gasteiger partial charge in [-0.25, -0.2) is 0 Å². The normalized spacial score (nSPS) is 40.8. The van der Waals surface area contributed by atoms with Gasteiger partial charge in [0.05, 0.1) is 18.1 Å². The van der Waals surface area contributed by atoms with Crippen LogP contribution in [0, 0.1) is 40.4 Å². The number of aliphatic hydroxyl groups excluding tert-OH is 2. The Labute approximate surface area is 217 Å². The molecule has 36 heavy (non-hydrogen) atoms. The zero-order valence-corrected chi connectivity index (χ0v) is 23.3. The summed E-state index contributed by atoms with van der Waals surface area (Å²) in [7, 11) is 0. The fraction of sp³-hybridized carbons (Fsp3) is 0.800. The molecule has 0 amide bonds. The monoisotopic (exact) mass is 504 g/mol. The SMILES string of the molecule is CC(=O)OCC[C@]1(C)[C@@H]([C@H](C)C=C[C@H](C)C(C)C)CC[C@H]1C1=C[C@@H](O)[C@@]2(O)C[C@@H](O)CC[C@]2(C)C1=O. The smallest absolute Gasteiger partial charge is 0.302 e. The van der Waals surface area contributed by atoms with Crippen molar-refractivity contribution in [1.82, 2.24) is 0 Å². The van der Waals surface area contributed by atoms with Crippen LogP contribution in [0.25, 0.3) is 0 Å². The summed E-state index contributed by atoms with van der Waals surface area (Å²) < 4.78 is 5.37. The molecule has 0 aromatic heterocycles. The Morgan fingerprint density at radius 2 is 1.81 bits per heavy atom. The third kappa shape index (κ3) is 5.10. The number of carbonyl (C=O) groups excluding carboxylic acids is 2. The zero-order valence-electron chi connectivity index (χ0n) is 23.3. The summed E-state index contributed by atoms with van der Waals surface area (Å²) in [5, 5.41) is 32.7. The van der Waals surface area contributed by atoms with Crippen LogP contribution in [0.15, 0.2) is 23.8 Å². The minimum atomic E-state index is -1.67. The molecule has 0 bridgehead atoms. The van der Waals surface area contributed by atoms with E-state index in [2.05, 4.69) is 46.8 Å². The molecule has 3 aliphatic rings. The molecule has 2 fully saturated rings. The summed E-state index contributed by atoms with van der Waals surface area (Å²) >= 11 is 0. The topological polar surface area (TPSA) is 104 Å². The Morgan fingerprint density at radius 1 is 1.14 bits per heavy atom.